The van der Waals surface area contributed by atoms with Crippen LogP contribution in [0.25, 0.3) is 0 Å². The molecule has 0 aliphatic rings. The molecule has 534 valence electrons. The van der Waals surface area contributed by atoms with Crippen molar-refractivity contribution in [1.29, 1.82) is 0 Å². The molecule has 0 aliphatic carbocycles. The van der Waals surface area contributed by atoms with Gasteiger partial charge in [-0.1, -0.05) is 311 Å². The summed E-state index contributed by atoms with van der Waals surface area (Å²) in [6.45, 7) is 9.55. The normalized spacial score (nSPS) is 14.1. The summed E-state index contributed by atoms with van der Waals surface area (Å²) in [4.78, 5) is 72.4. The van der Waals surface area contributed by atoms with Crippen LogP contribution in [0.15, 0.2) is 0 Å². The lowest BCUT2D eigenvalue weighted by Gasteiger charge is -2.21. The molecule has 0 radical (unpaired) electrons. The fraction of sp³-hybridized carbons (Fsp3) is 0.944. The second-order valence-corrected chi connectivity index (χ2v) is 29.5. The molecule has 0 saturated heterocycles. The van der Waals surface area contributed by atoms with Gasteiger partial charge in [0.2, 0.25) is 0 Å². The molecule has 0 aliphatic heterocycles. The molecular formula is C71H138O17P2. The molecule has 17 nitrogen and oxygen atoms in total. The molecule has 0 aromatic rings. The second-order valence-electron chi connectivity index (χ2n) is 26.6. The summed E-state index contributed by atoms with van der Waals surface area (Å²) >= 11 is 0. The molecule has 19 heteroatoms. The number of aliphatic hydroxyl groups excluding tert-OH is 1. The minimum atomic E-state index is -4.95. The number of unbranched alkanes of at least 4 members (excludes halogenated alkanes) is 40. The van der Waals surface area contributed by atoms with Crippen LogP contribution in [0.4, 0.5) is 0 Å². The van der Waals surface area contributed by atoms with Crippen molar-refractivity contribution in [1.82, 2.24) is 0 Å². The monoisotopic (exact) mass is 1320 g/mol. The number of phosphoric ester groups is 2. The molecule has 90 heavy (non-hydrogen) atoms. The second kappa shape index (κ2) is 63.1. The lowest BCUT2D eigenvalue weighted by atomic mass is 10.0. The van der Waals surface area contributed by atoms with E-state index < -0.39 is 97.5 Å². The van der Waals surface area contributed by atoms with E-state index in [1.807, 2.05) is 0 Å². The molecule has 2 unspecified atom stereocenters. The summed E-state index contributed by atoms with van der Waals surface area (Å²) in [7, 11) is -9.89. The van der Waals surface area contributed by atoms with Crippen LogP contribution in [0.1, 0.15) is 363 Å². The molecule has 3 N–H and O–H groups in total. The molecule has 0 amide bonds. The van der Waals surface area contributed by atoms with Crippen molar-refractivity contribution in [3.63, 3.8) is 0 Å². The van der Waals surface area contributed by atoms with Crippen molar-refractivity contribution in [2.24, 2.45) is 11.8 Å². The van der Waals surface area contributed by atoms with Crippen molar-refractivity contribution in [3.8, 4) is 0 Å². The van der Waals surface area contributed by atoms with Crippen LogP contribution >= 0.6 is 15.6 Å². The summed E-state index contributed by atoms with van der Waals surface area (Å²) in [6, 6.07) is 0. The summed E-state index contributed by atoms with van der Waals surface area (Å²) in [5, 5.41) is 10.6. The smallest absolute Gasteiger partial charge is 0.462 e. The van der Waals surface area contributed by atoms with E-state index >= 15 is 0 Å². The predicted molar refractivity (Wildman–Crippen MR) is 363 cm³/mol. The maximum absolute atomic E-state index is 13.0. The highest BCUT2D eigenvalue weighted by molar-refractivity contribution is 7.47. The minimum Gasteiger partial charge on any atom is -0.462 e. The number of carbonyl (C=O) groups is 4. The third kappa shape index (κ3) is 64.8. The Hall–Kier alpha value is -1.94. The van der Waals surface area contributed by atoms with Gasteiger partial charge in [-0.05, 0) is 37.5 Å². The van der Waals surface area contributed by atoms with E-state index in [0.29, 0.717) is 25.7 Å². The zero-order valence-corrected chi connectivity index (χ0v) is 60.2. The Morgan fingerprint density at radius 3 is 0.756 bits per heavy atom. The van der Waals surface area contributed by atoms with Crippen LogP contribution in [-0.4, -0.2) is 96.7 Å². The number of ether oxygens (including phenoxy) is 4. The van der Waals surface area contributed by atoms with Gasteiger partial charge < -0.3 is 33.8 Å². The molecule has 5 atom stereocenters. The maximum Gasteiger partial charge on any atom is 0.472 e. The lowest BCUT2D eigenvalue weighted by molar-refractivity contribution is -0.161. The van der Waals surface area contributed by atoms with Crippen LogP contribution in [-0.2, 0) is 65.4 Å². The van der Waals surface area contributed by atoms with Gasteiger partial charge in [0.1, 0.15) is 19.3 Å². The zero-order valence-electron chi connectivity index (χ0n) is 58.4. The average Bonchev–Trinajstić information content (AvgIpc) is 3.43. The third-order valence-electron chi connectivity index (χ3n) is 16.5. The number of hydrogen-bond donors (Lipinski definition) is 3. The Labute approximate surface area is 549 Å². The predicted octanol–water partition coefficient (Wildman–Crippen LogP) is 20.4. The number of hydrogen-bond acceptors (Lipinski definition) is 15. The topological polar surface area (TPSA) is 237 Å². The van der Waals surface area contributed by atoms with E-state index in [-0.39, 0.29) is 25.7 Å². The van der Waals surface area contributed by atoms with Gasteiger partial charge in [-0.25, -0.2) is 9.13 Å². The minimum absolute atomic E-state index is 0.105. The highest BCUT2D eigenvalue weighted by Gasteiger charge is 2.30. The SMILES string of the molecule is CCCCCCCCCCC(=O)OC[C@H](COP(=O)(O)OC[C@H](O)COP(=O)(O)OC[C@@H](COC(=O)CCCCCCCCCCCCCCCC(C)C)OC(=O)CCCCCCCCCCCCCCCCCC(C)C)OC(=O)CCCCCCCCCC. The molecular weight excluding hydrogens is 1190 g/mol. The molecule has 0 bridgehead atoms. The fourth-order valence-corrected chi connectivity index (χ4v) is 12.3. The first-order chi connectivity index (χ1) is 43.4. The number of esters is 4. The number of phosphoric acid groups is 2. The third-order valence-corrected chi connectivity index (χ3v) is 18.4. The lowest BCUT2D eigenvalue weighted by Crippen LogP contribution is -2.30. The van der Waals surface area contributed by atoms with E-state index in [1.54, 1.807) is 0 Å². The number of aliphatic hydroxyl groups is 1. The van der Waals surface area contributed by atoms with Crippen LogP contribution < -0.4 is 0 Å². The Morgan fingerprint density at radius 1 is 0.300 bits per heavy atom. The van der Waals surface area contributed by atoms with Gasteiger partial charge in [0.25, 0.3) is 0 Å². The molecule has 0 rings (SSSR count). The Balaban J connectivity index is 5.18. The van der Waals surface area contributed by atoms with Gasteiger partial charge in [0.05, 0.1) is 26.4 Å². The molecule has 0 aromatic heterocycles. The largest absolute Gasteiger partial charge is 0.472 e. The van der Waals surface area contributed by atoms with E-state index in [2.05, 4.69) is 41.5 Å². The van der Waals surface area contributed by atoms with Crippen LogP contribution in [0.5, 0.6) is 0 Å². The van der Waals surface area contributed by atoms with Crippen LogP contribution in [0.3, 0.4) is 0 Å². The molecule has 0 spiro atoms. The molecule has 0 heterocycles. The molecule has 0 aromatic carbocycles. The number of carbonyl (C=O) groups excluding carboxylic acids is 4. The van der Waals surface area contributed by atoms with Crippen molar-refractivity contribution in [2.45, 2.75) is 381 Å². The zero-order chi connectivity index (χ0) is 66.5. The van der Waals surface area contributed by atoms with Gasteiger partial charge in [-0.2, -0.15) is 0 Å². The van der Waals surface area contributed by atoms with Crippen molar-refractivity contribution in [3.05, 3.63) is 0 Å². The Kier molecular flexibility index (Phi) is 61.8. The van der Waals surface area contributed by atoms with Crippen molar-refractivity contribution >= 4 is 39.5 Å². The Bertz CT molecular complexity index is 1750. The Morgan fingerprint density at radius 2 is 0.511 bits per heavy atom. The standard InChI is InChI=1S/C71H138O17P2/c1-7-9-11-13-15-35-41-47-53-68(73)81-59-66(87-70(75)55-49-43-36-16-14-12-10-8-2)61-85-89(77,78)83-57-65(72)58-84-90(79,80)86-62-67(60-82-69(74)54-48-42-37-31-27-24-20-22-26-30-34-40-46-52-64(5)6)88-71(76)56-50-44-38-32-28-23-19-17-18-21-25-29-33-39-45-51-63(3)4/h63-67,72H,7-62H2,1-6H3,(H,77,78)(H,79,80)/t65-,66+,67+/m0/s1. The first kappa shape index (κ1) is 88.1. The van der Waals surface area contributed by atoms with Gasteiger partial charge in [0, 0.05) is 25.7 Å². The number of rotatable bonds is 70. The van der Waals surface area contributed by atoms with Gasteiger partial charge >= 0.3 is 39.5 Å². The molecule has 0 saturated carbocycles. The summed E-state index contributed by atoms with van der Waals surface area (Å²) in [5.41, 5.74) is 0. The van der Waals surface area contributed by atoms with E-state index in [0.717, 1.165) is 115 Å². The van der Waals surface area contributed by atoms with Crippen LogP contribution in [0, 0.1) is 11.8 Å². The van der Waals surface area contributed by atoms with Crippen molar-refractivity contribution < 1.29 is 80.2 Å². The maximum atomic E-state index is 13.0. The van der Waals surface area contributed by atoms with Gasteiger partial charge in [-0.3, -0.25) is 37.3 Å². The average molecular weight is 1330 g/mol. The first-order valence-electron chi connectivity index (χ1n) is 37.0. The highest BCUT2D eigenvalue weighted by Crippen LogP contribution is 2.45. The van der Waals surface area contributed by atoms with Gasteiger partial charge in [0.15, 0.2) is 12.2 Å². The van der Waals surface area contributed by atoms with Gasteiger partial charge in [-0.15, -0.1) is 0 Å². The van der Waals surface area contributed by atoms with Crippen molar-refractivity contribution in [2.75, 3.05) is 39.6 Å². The quantitative estimate of drug-likeness (QED) is 0.0222. The van der Waals surface area contributed by atoms with Crippen LogP contribution in [0.2, 0.25) is 0 Å². The summed E-state index contributed by atoms with van der Waals surface area (Å²) < 4.78 is 68.2. The first-order valence-corrected chi connectivity index (χ1v) is 40.0. The summed E-state index contributed by atoms with van der Waals surface area (Å²) in [5.74, 6) is -0.534. The fourth-order valence-electron chi connectivity index (χ4n) is 10.8. The molecule has 0 fully saturated rings. The van der Waals surface area contributed by atoms with E-state index in [4.69, 9.17) is 37.0 Å². The summed E-state index contributed by atoms with van der Waals surface area (Å²) in [6.07, 6.45) is 48.7. The van der Waals surface area contributed by atoms with E-state index in [1.165, 1.54) is 167 Å². The van der Waals surface area contributed by atoms with E-state index in [9.17, 15) is 43.2 Å². The highest BCUT2D eigenvalue weighted by atomic mass is 31.2.